The molecule has 0 fully saturated rings. The van der Waals surface area contributed by atoms with E-state index in [1.54, 1.807) is 0 Å². The number of esters is 3. The van der Waals surface area contributed by atoms with Gasteiger partial charge in [0.25, 0.3) is 0 Å². The Labute approximate surface area is 390 Å². The van der Waals surface area contributed by atoms with Gasteiger partial charge in [0, 0.05) is 19.3 Å². The molecule has 0 aliphatic heterocycles. The average molecular weight is 927 g/mol. The van der Waals surface area contributed by atoms with Crippen LogP contribution < -0.4 is 0 Å². The molecule has 0 bridgehead atoms. The molecule has 0 radical (unpaired) electrons. The van der Waals surface area contributed by atoms with Crippen molar-refractivity contribution >= 4 is 25.7 Å². The molecule has 0 aliphatic carbocycles. The summed E-state index contributed by atoms with van der Waals surface area (Å²) in [7, 11) is -4.73. The lowest BCUT2D eigenvalue weighted by Crippen LogP contribution is -2.30. The highest BCUT2D eigenvalue weighted by Crippen LogP contribution is 2.43. The number of aliphatic hydroxyl groups is 1. The minimum absolute atomic E-state index is 0.160. The quantitative estimate of drug-likeness (QED) is 0.0197. The second-order valence-electron chi connectivity index (χ2n) is 17.3. The molecule has 374 valence electrons. The van der Waals surface area contributed by atoms with E-state index in [4.69, 9.17) is 23.3 Å². The lowest BCUT2D eigenvalue weighted by atomic mass is 10.1. The summed E-state index contributed by atoms with van der Waals surface area (Å²) in [6.45, 7) is 4.50. The van der Waals surface area contributed by atoms with Crippen LogP contribution in [-0.4, -0.2) is 66.5 Å². The van der Waals surface area contributed by atoms with Crippen molar-refractivity contribution in [1.82, 2.24) is 0 Å². The largest absolute Gasteiger partial charge is 0.472 e. The first-order valence-electron chi connectivity index (χ1n) is 25.9. The number of hydrogen-bond acceptors (Lipinski definition) is 10. The third-order valence-electron chi connectivity index (χ3n) is 11.1. The number of allylic oxidation sites excluding steroid dienone is 6. The standard InChI is InChI=1S/C52H95O11P/c1-4-7-10-13-16-19-21-22-23-24-25-26-28-31-34-37-40-43-52(56)63-49(45-59-50(54)41-38-35-32-29-18-15-12-9-6-3)47-61-64(57,58)60-46-48(44-53)62-51(55)42-39-36-33-30-27-20-17-14-11-8-5-2/h7,10,16,19,22-23,48-49,53H,4-6,8-9,11-15,17-18,20-21,24-47H2,1-3H3,(H,57,58)/b10-7-,19-16-,23-22-. The molecule has 3 atom stereocenters. The van der Waals surface area contributed by atoms with E-state index in [1.807, 2.05) is 0 Å². The third-order valence-corrected chi connectivity index (χ3v) is 12.0. The van der Waals surface area contributed by atoms with E-state index in [-0.39, 0.29) is 25.9 Å². The first kappa shape index (κ1) is 61.7. The Kier molecular flexibility index (Phi) is 45.5. The van der Waals surface area contributed by atoms with Gasteiger partial charge in [0.05, 0.1) is 19.8 Å². The van der Waals surface area contributed by atoms with Crippen LogP contribution >= 0.6 is 7.82 Å². The summed E-state index contributed by atoms with van der Waals surface area (Å²) in [5.74, 6) is -1.47. The summed E-state index contributed by atoms with van der Waals surface area (Å²) in [6.07, 6.45) is 45.5. The van der Waals surface area contributed by atoms with E-state index in [1.165, 1.54) is 89.9 Å². The second kappa shape index (κ2) is 47.2. The number of carbonyl (C=O) groups is 3. The highest BCUT2D eigenvalue weighted by molar-refractivity contribution is 7.47. The van der Waals surface area contributed by atoms with Crippen molar-refractivity contribution in [3.05, 3.63) is 36.5 Å². The van der Waals surface area contributed by atoms with Crippen LogP contribution in [0.4, 0.5) is 0 Å². The number of rotatable bonds is 48. The molecule has 0 aromatic heterocycles. The van der Waals surface area contributed by atoms with E-state index in [9.17, 15) is 28.9 Å². The lowest BCUT2D eigenvalue weighted by Gasteiger charge is -2.21. The van der Waals surface area contributed by atoms with Gasteiger partial charge in [0.15, 0.2) is 6.10 Å². The number of aliphatic hydroxyl groups excluding tert-OH is 1. The molecule has 0 heterocycles. The minimum Gasteiger partial charge on any atom is -0.462 e. The minimum atomic E-state index is -4.73. The Morgan fingerprint density at radius 2 is 0.812 bits per heavy atom. The predicted molar refractivity (Wildman–Crippen MR) is 261 cm³/mol. The van der Waals surface area contributed by atoms with Crippen LogP contribution in [0.2, 0.25) is 0 Å². The Morgan fingerprint density at radius 3 is 1.25 bits per heavy atom. The van der Waals surface area contributed by atoms with Crippen LogP contribution in [0.5, 0.6) is 0 Å². The molecule has 0 aromatic carbocycles. The zero-order valence-electron chi connectivity index (χ0n) is 41.0. The number of ether oxygens (including phenoxy) is 3. The first-order chi connectivity index (χ1) is 31.2. The molecule has 0 spiro atoms. The highest BCUT2D eigenvalue weighted by atomic mass is 31.2. The molecule has 0 rings (SSSR count). The van der Waals surface area contributed by atoms with Gasteiger partial charge in [-0.1, -0.05) is 205 Å². The SMILES string of the molecule is CC/C=C\C/C=C\C/C=C\CCCCCCCCCC(=O)OC(COC(=O)CCCCCCCCCCC)COP(=O)(O)OCC(CO)OC(=O)CCCCCCCCCCCCC. The van der Waals surface area contributed by atoms with Crippen molar-refractivity contribution in [2.24, 2.45) is 0 Å². The molecule has 11 nitrogen and oxygen atoms in total. The summed E-state index contributed by atoms with van der Waals surface area (Å²) in [5.41, 5.74) is 0. The van der Waals surface area contributed by atoms with Crippen LogP contribution in [0.25, 0.3) is 0 Å². The van der Waals surface area contributed by atoms with Crippen LogP contribution in [0, 0.1) is 0 Å². The Balaban J connectivity index is 4.69. The lowest BCUT2D eigenvalue weighted by molar-refractivity contribution is -0.161. The predicted octanol–water partition coefficient (Wildman–Crippen LogP) is 14.5. The Morgan fingerprint density at radius 1 is 0.453 bits per heavy atom. The normalized spacial score (nSPS) is 13.8. The van der Waals surface area contributed by atoms with Gasteiger partial charge in [-0.15, -0.1) is 0 Å². The van der Waals surface area contributed by atoms with Gasteiger partial charge >= 0.3 is 25.7 Å². The fourth-order valence-corrected chi connectivity index (χ4v) is 7.92. The molecule has 3 unspecified atom stereocenters. The number of carbonyl (C=O) groups excluding carboxylic acids is 3. The van der Waals surface area contributed by atoms with Crippen molar-refractivity contribution in [2.75, 3.05) is 26.4 Å². The zero-order valence-corrected chi connectivity index (χ0v) is 41.9. The van der Waals surface area contributed by atoms with E-state index in [0.29, 0.717) is 19.3 Å². The van der Waals surface area contributed by atoms with Crippen molar-refractivity contribution in [3.63, 3.8) is 0 Å². The van der Waals surface area contributed by atoms with E-state index in [0.717, 1.165) is 89.9 Å². The first-order valence-corrected chi connectivity index (χ1v) is 27.4. The number of unbranched alkanes of at least 4 members (excludes halogenated alkanes) is 25. The topological polar surface area (TPSA) is 155 Å². The molecule has 2 N–H and O–H groups in total. The van der Waals surface area contributed by atoms with Gasteiger partial charge in [0.2, 0.25) is 0 Å². The molecule has 12 heteroatoms. The monoisotopic (exact) mass is 927 g/mol. The van der Waals surface area contributed by atoms with Crippen molar-refractivity contribution in [2.45, 2.75) is 251 Å². The van der Waals surface area contributed by atoms with Crippen LogP contribution in [0.1, 0.15) is 239 Å². The van der Waals surface area contributed by atoms with E-state index >= 15 is 0 Å². The van der Waals surface area contributed by atoms with E-state index in [2.05, 4.69) is 57.2 Å². The van der Waals surface area contributed by atoms with Gasteiger partial charge in [-0.05, 0) is 51.4 Å². The summed E-state index contributed by atoms with van der Waals surface area (Å²) in [6, 6.07) is 0. The summed E-state index contributed by atoms with van der Waals surface area (Å²) < 4.78 is 39.3. The molecular formula is C52H95O11P. The average Bonchev–Trinajstić information content (AvgIpc) is 3.28. The fraction of sp³-hybridized carbons (Fsp3) is 0.827. The van der Waals surface area contributed by atoms with Crippen LogP contribution in [0.3, 0.4) is 0 Å². The van der Waals surface area contributed by atoms with Crippen LogP contribution in [0.15, 0.2) is 36.5 Å². The number of phosphoric ester groups is 1. The van der Waals surface area contributed by atoms with E-state index < -0.39 is 57.8 Å². The zero-order chi connectivity index (χ0) is 47.0. The number of hydrogen-bond donors (Lipinski definition) is 2. The smallest absolute Gasteiger partial charge is 0.462 e. The molecular weight excluding hydrogens is 832 g/mol. The highest BCUT2D eigenvalue weighted by Gasteiger charge is 2.28. The van der Waals surface area contributed by atoms with Crippen molar-refractivity contribution < 1.29 is 52.2 Å². The molecule has 0 aliphatic rings. The fourth-order valence-electron chi connectivity index (χ4n) is 7.14. The van der Waals surface area contributed by atoms with Crippen molar-refractivity contribution in [3.8, 4) is 0 Å². The maximum absolute atomic E-state index is 12.8. The number of phosphoric acid groups is 1. The third kappa shape index (κ3) is 44.9. The van der Waals surface area contributed by atoms with Crippen LogP contribution in [-0.2, 0) is 42.2 Å². The second-order valence-corrected chi connectivity index (χ2v) is 18.8. The van der Waals surface area contributed by atoms with Gasteiger partial charge < -0.3 is 24.2 Å². The molecule has 64 heavy (non-hydrogen) atoms. The molecule has 0 saturated carbocycles. The Hall–Kier alpha value is -2.30. The maximum atomic E-state index is 12.8. The molecule has 0 aromatic rings. The van der Waals surface area contributed by atoms with Gasteiger partial charge in [0.1, 0.15) is 12.7 Å². The molecule has 0 amide bonds. The summed E-state index contributed by atoms with van der Waals surface area (Å²) in [4.78, 5) is 48.2. The summed E-state index contributed by atoms with van der Waals surface area (Å²) in [5, 5.41) is 9.75. The maximum Gasteiger partial charge on any atom is 0.472 e. The summed E-state index contributed by atoms with van der Waals surface area (Å²) >= 11 is 0. The van der Waals surface area contributed by atoms with Crippen molar-refractivity contribution in [1.29, 1.82) is 0 Å². The van der Waals surface area contributed by atoms with Gasteiger partial charge in [-0.2, -0.15) is 0 Å². The Bertz CT molecular complexity index is 1220. The molecule has 0 saturated heterocycles. The van der Waals surface area contributed by atoms with Gasteiger partial charge in [-0.25, -0.2) is 4.57 Å². The van der Waals surface area contributed by atoms with Gasteiger partial charge in [-0.3, -0.25) is 23.4 Å².